The van der Waals surface area contributed by atoms with Gasteiger partial charge in [0.05, 0.1) is 12.4 Å². The van der Waals surface area contributed by atoms with Crippen molar-refractivity contribution in [2.24, 2.45) is 0 Å². The Morgan fingerprint density at radius 1 is 1.41 bits per heavy atom. The molecule has 1 saturated heterocycles. The van der Waals surface area contributed by atoms with Crippen LogP contribution in [0.1, 0.15) is 26.0 Å². The van der Waals surface area contributed by atoms with Crippen molar-refractivity contribution in [3.05, 3.63) is 16.7 Å². The maximum absolute atomic E-state index is 12.2. The topological polar surface area (TPSA) is 125 Å². The number of imidazole rings is 1. The Kier molecular flexibility index (Phi) is 5.76. The van der Waals surface area contributed by atoms with Gasteiger partial charge in [-0.2, -0.15) is 4.98 Å². The van der Waals surface area contributed by atoms with Crippen LogP contribution in [0.15, 0.2) is 11.1 Å². The van der Waals surface area contributed by atoms with Gasteiger partial charge in [0, 0.05) is 6.54 Å². The van der Waals surface area contributed by atoms with Crippen LogP contribution in [0.5, 0.6) is 0 Å². The first-order valence-corrected chi connectivity index (χ1v) is 12.2. The van der Waals surface area contributed by atoms with Gasteiger partial charge < -0.3 is 20.3 Å². The van der Waals surface area contributed by atoms with E-state index in [1.165, 1.54) is 10.9 Å². The summed E-state index contributed by atoms with van der Waals surface area (Å²) in [5.74, 6) is 0.337. The molecule has 0 bridgehead atoms. The Morgan fingerprint density at radius 2 is 2.15 bits per heavy atom. The lowest BCUT2D eigenvalue weighted by atomic mass is 10.1. The summed E-state index contributed by atoms with van der Waals surface area (Å²) in [5, 5.41) is 23.9. The Morgan fingerprint density at radius 3 is 2.81 bits per heavy atom. The summed E-state index contributed by atoms with van der Waals surface area (Å²) in [6.07, 6.45) is 4.43. The van der Waals surface area contributed by atoms with E-state index in [9.17, 15) is 15.0 Å². The van der Waals surface area contributed by atoms with E-state index in [1.807, 2.05) is 6.92 Å². The maximum Gasteiger partial charge on any atom is 0.280 e. The number of H-pyrrole nitrogens is 1. The molecule has 0 spiro atoms. The van der Waals surface area contributed by atoms with Crippen LogP contribution in [0.4, 0.5) is 5.95 Å². The molecule has 2 aromatic rings. The predicted molar refractivity (Wildman–Crippen MR) is 108 cm³/mol. The summed E-state index contributed by atoms with van der Waals surface area (Å²) < 4.78 is 7.45. The lowest BCUT2D eigenvalue weighted by molar-refractivity contribution is -0.0353. The molecule has 2 unspecified atom stereocenters. The van der Waals surface area contributed by atoms with Crippen molar-refractivity contribution < 1.29 is 14.9 Å². The van der Waals surface area contributed by atoms with Gasteiger partial charge in [-0.25, -0.2) is 4.98 Å². The first-order valence-electron chi connectivity index (χ1n) is 9.11. The minimum absolute atomic E-state index is 0.163. The van der Waals surface area contributed by atoms with Crippen molar-refractivity contribution in [2.75, 3.05) is 31.4 Å². The normalized spacial score (nSPS) is 26.0. The second kappa shape index (κ2) is 7.75. The van der Waals surface area contributed by atoms with Gasteiger partial charge in [-0.15, -0.1) is 13.2 Å². The molecule has 4 N–H and O–H groups in total. The molecule has 150 valence electrons. The Labute approximate surface area is 157 Å². The molecule has 3 heterocycles. The maximum atomic E-state index is 12.2. The zero-order valence-electron chi connectivity index (χ0n) is 15.9. The van der Waals surface area contributed by atoms with E-state index in [0.29, 0.717) is 24.6 Å². The van der Waals surface area contributed by atoms with Gasteiger partial charge in [0.1, 0.15) is 12.2 Å². The fourth-order valence-electron chi connectivity index (χ4n) is 3.11. The molecule has 0 saturated carbocycles. The number of nitrogens with zero attached hydrogens (tertiary/aromatic N) is 3. The van der Waals surface area contributed by atoms with Crippen molar-refractivity contribution in [1.29, 1.82) is 0 Å². The number of rotatable bonds is 7. The third-order valence-electron chi connectivity index (χ3n) is 4.61. The number of aromatic nitrogens is 4. The highest BCUT2D eigenvalue weighted by Gasteiger charge is 2.44. The first kappa shape index (κ1) is 20.1. The van der Waals surface area contributed by atoms with Gasteiger partial charge >= 0.3 is 0 Å². The standard InChI is InChI=1S/C17H28N5O4P/c1-5-7-18-17-20-14-11(15(25)21-17)19-9-22(14)16-13(24)12(23)10(26-16)6-8-27(2,3)4/h9-10,12-13,16,23-24H,2,5-8H2,1,3-4H3,(H2,18,20,21,25)/t10-,12-,13?,16?/m1/s1. The van der Waals surface area contributed by atoms with E-state index >= 15 is 0 Å². The summed E-state index contributed by atoms with van der Waals surface area (Å²) in [5.41, 5.74) is 0.0976. The molecule has 10 heteroatoms. The largest absolute Gasteiger partial charge is 0.388 e. The third kappa shape index (κ3) is 4.27. The van der Waals surface area contributed by atoms with Crippen LogP contribution >= 0.6 is 6.89 Å². The number of hydrogen-bond acceptors (Lipinski definition) is 7. The van der Waals surface area contributed by atoms with Crippen molar-refractivity contribution in [1.82, 2.24) is 19.5 Å². The van der Waals surface area contributed by atoms with Crippen LogP contribution in [-0.2, 0) is 4.74 Å². The molecule has 0 aromatic carbocycles. The average Bonchev–Trinajstić information content (AvgIpc) is 3.13. The second-order valence-electron chi connectivity index (χ2n) is 7.66. The highest BCUT2D eigenvalue weighted by Crippen LogP contribution is 2.39. The number of aliphatic hydroxyl groups excluding tert-OH is 2. The SMILES string of the molecule is C=P(C)(C)CC[C@H]1OC(n2cnc3c(=O)[nH]c(NCCC)nc32)C(O)[C@@H]1O. The lowest BCUT2D eigenvalue weighted by Crippen LogP contribution is -2.32. The van der Waals surface area contributed by atoms with Gasteiger partial charge in [-0.05, 0) is 32.3 Å². The number of ether oxygens (including phenoxy) is 1. The minimum Gasteiger partial charge on any atom is -0.388 e. The molecule has 1 aliphatic heterocycles. The molecule has 0 aliphatic carbocycles. The van der Waals surface area contributed by atoms with Crippen molar-refractivity contribution in [3.63, 3.8) is 0 Å². The third-order valence-corrected chi connectivity index (χ3v) is 6.07. The van der Waals surface area contributed by atoms with Gasteiger partial charge in [0.15, 0.2) is 17.4 Å². The highest BCUT2D eigenvalue weighted by atomic mass is 31.2. The summed E-state index contributed by atoms with van der Waals surface area (Å²) in [6, 6.07) is 0. The van der Waals surface area contributed by atoms with Gasteiger partial charge in [-0.1, -0.05) is 6.92 Å². The van der Waals surface area contributed by atoms with E-state index < -0.39 is 31.4 Å². The molecule has 1 aliphatic rings. The molecule has 1 fully saturated rings. The number of anilines is 1. The number of aromatic amines is 1. The van der Waals surface area contributed by atoms with E-state index in [1.54, 1.807) is 0 Å². The molecule has 0 radical (unpaired) electrons. The zero-order chi connectivity index (χ0) is 19.8. The average molecular weight is 397 g/mol. The molecule has 4 atom stereocenters. The highest BCUT2D eigenvalue weighted by molar-refractivity contribution is 7.72. The van der Waals surface area contributed by atoms with Crippen molar-refractivity contribution in [3.8, 4) is 0 Å². The van der Waals surface area contributed by atoms with Crippen LogP contribution < -0.4 is 10.9 Å². The number of nitrogens with one attached hydrogen (secondary N) is 2. The van der Waals surface area contributed by atoms with Crippen LogP contribution in [0.2, 0.25) is 0 Å². The van der Waals surface area contributed by atoms with Gasteiger partial charge in [0.2, 0.25) is 5.95 Å². The molecule has 2 aromatic heterocycles. The molecular weight excluding hydrogens is 369 g/mol. The Hall–Kier alpha value is -1.67. The van der Waals surface area contributed by atoms with Crippen LogP contribution in [0.25, 0.3) is 11.2 Å². The number of fused-ring (bicyclic) bond motifs is 1. The Balaban J connectivity index is 1.89. The fourth-order valence-corrected chi connectivity index (χ4v) is 4.07. The zero-order valence-corrected chi connectivity index (χ0v) is 16.8. The van der Waals surface area contributed by atoms with E-state index in [0.717, 1.165) is 12.6 Å². The van der Waals surface area contributed by atoms with Crippen LogP contribution in [0.3, 0.4) is 0 Å². The summed E-state index contributed by atoms with van der Waals surface area (Å²) in [7, 11) is 0. The lowest BCUT2D eigenvalue weighted by Gasteiger charge is -2.18. The second-order valence-corrected chi connectivity index (χ2v) is 12.0. The smallest absolute Gasteiger partial charge is 0.280 e. The quantitative estimate of drug-likeness (QED) is 0.506. The molecule has 0 amide bonds. The number of aliphatic hydroxyl groups is 2. The van der Waals surface area contributed by atoms with E-state index in [2.05, 4.69) is 39.9 Å². The molecular formula is C17H28N5O4P. The predicted octanol–water partition coefficient (Wildman–Crippen LogP) is 0.660. The van der Waals surface area contributed by atoms with E-state index in [-0.39, 0.29) is 11.1 Å². The molecule has 3 rings (SSSR count). The molecule has 27 heavy (non-hydrogen) atoms. The van der Waals surface area contributed by atoms with E-state index in [4.69, 9.17) is 4.74 Å². The van der Waals surface area contributed by atoms with Crippen molar-refractivity contribution >= 4 is 30.3 Å². The first-order chi connectivity index (χ1) is 12.7. The summed E-state index contributed by atoms with van der Waals surface area (Å²) >= 11 is 0. The molecule has 9 nitrogen and oxygen atoms in total. The monoisotopic (exact) mass is 397 g/mol. The van der Waals surface area contributed by atoms with Gasteiger partial charge in [0.25, 0.3) is 5.56 Å². The van der Waals surface area contributed by atoms with Gasteiger partial charge in [-0.3, -0.25) is 14.3 Å². The minimum atomic E-state index is -1.27. The number of hydrogen-bond donors (Lipinski definition) is 4. The van der Waals surface area contributed by atoms with Crippen molar-refractivity contribution in [2.45, 2.75) is 44.3 Å². The summed E-state index contributed by atoms with van der Waals surface area (Å²) in [4.78, 5) is 23.4. The van der Waals surface area contributed by atoms with Crippen LogP contribution in [0, 0.1) is 0 Å². The van der Waals surface area contributed by atoms with Crippen LogP contribution in [-0.4, -0.2) is 80.4 Å². The summed E-state index contributed by atoms with van der Waals surface area (Å²) in [6.45, 7) is 5.64. The Bertz CT molecular complexity index is 904. The fraction of sp³-hybridized carbons (Fsp3) is 0.647.